The molecular weight excluding hydrogens is 399 g/mol. The van der Waals surface area contributed by atoms with Crippen LogP contribution in [0.2, 0.25) is 0 Å². The van der Waals surface area contributed by atoms with Crippen LogP contribution >= 0.6 is 0 Å². The number of hydrogen-bond acceptors (Lipinski definition) is 0. The summed E-state index contributed by atoms with van der Waals surface area (Å²) in [6.45, 7) is 0. The van der Waals surface area contributed by atoms with Gasteiger partial charge in [0.1, 0.15) is 0 Å². The first-order valence-corrected chi connectivity index (χ1v) is 0. The van der Waals surface area contributed by atoms with Crippen LogP contribution in [0.25, 0.3) is 0 Å². The molecule has 2 radical (unpaired) electrons. The van der Waals surface area contributed by atoms with Crippen molar-refractivity contribution in [3.63, 3.8) is 0 Å². The van der Waals surface area contributed by atoms with Gasteiger partial charge >= 0.3 is 45.0 Å². The Bertz CT molecular complexity index is 8.00. The molecule has 0 saturated carbocycles. The van der Waals surface area contributed by atoms with E-state index in [0.29, 0.717) is 0 Å². The summed E-state index contributed by atoms with van der Waals surface area (Å²) in [6.07, 6.45) is 0. The van der Waals surface area contributed by atoms with Crippen LogP contribution in [0.5, 0.6) is 0 Å². The van der Waals surface area contributed by atoms with Gasteiger partial charge in [-0.25, -0.2) is 0 Å². The molecule has 0 rings (SSSR count). The van der Waals surface area contributed by atoms with Gasteiger partial charge in [0.15, 0.2) is 0 Å². The topological polar surface area (TPSA) is 0 Å². The van der Waals surface area contributed by atoms with Gasteiger partial charge in [0.25, 0.3) is 0 Å². The van der Waals surface area contributed by atoms with Crippen molar-refractivity contribution >= 4 is 0 Å². The molecule has 0 amide bonds. The summed E-state index contributed by atoms with van der Waals surface area (Å²) >= 11 is 0. The van der Waals surface area contributed by atoms with Crippen LogP contribution < -0.4 is 0 Å². The predicted molar refractivity (Wildman–Crippen MR) is 2.79 cm³/mol. The minimum absolute atomic E-state index is 0. The third-order valence-corrected chi connectivity index (χ3v) is 0. The first-order chi connectivity index (χ1) is 0. The molecule has 0 aliphatic rings. The molecule has 4 heavy (non-hydrogen) atoms. The molecule has 0 aromatic carbocycles. The Labute approximate surface area is 93.3 Å². The molecular formula is H2CoMnNiRa. The van der Waals surface area contributed by atoms with E-state index >= 15 is 0 Å². The molecule has 4 heteroatoms. The third kappa shape index (κ3) is 8.89. The predicted octanol–water partition coefficient (Wildman–Crippen LogP) is -0.543. The van der Waals surface area contributed by atoms with Crippen LogP contribution in [-0.2, 0) is 50.3 Å². The van der Waals surface area contributed by atoms with E-state index in [1.807, 2.05) is 0 Å². The van der Waals surface area contributed by atoms with E-state index in [1.165, 1.54) is 0 Å². The molecule has 0 spiro atoms. The normalized spacial score (nSPS) is 0. The van der Waals surface area contributed by atoms with Gasteiger partial charge in [-0.3, -0.25) is 0 Å². The van der Waals surface area contributed by atoms with Crippen molar-refractivity contribution in [2.75, 3.05) is 0 Å². The van der Waals surface area contributed by atoms with E-state index in [1.54, 1.807) is 0 Å². The van der Waals surface area contributed by atoms with Crippen LogP contribution in [0.15, 0.2) is 0 Å². The van der Waals surface area contributed by atoms with Gasteiger partial charge in [0.2, 0.25) is 0 Å². The van der Waals surface area contributed by atoms with Gasteiger partial charge in [-0.1, -0.05) is 0 Å². The van der Waals surface area contributed by atoms with Crippen molar-refractivity contribution in [1.82, 2.24) is 0 Å². The molecule has 0 N–H and O–H groups in total. The second-order valence-corrected chi connectivity index (χ2v) is 0. The fourth-order valence-electron chi connectivity index (χ4n) is 0. The monoisotopic (exact) mass is 400 g/mol. The molecule has 30 valence electrons. The SMILES string of the molecule is [Co].[Mn].[Ni].[RaH2]. The number of hydrogen-bond donors (Lipinski definition) is 0. The first kappa shape index (κ1) is 28.1. The van der Waals surface area contributed by atoms with Crippen LogP contribution in [-0.4, -0.2) is 0 Å². The summed E-state index contributed by atoms with van der Waals surface area (Å²) in [5, 5.41) is 0. The Balaban J connectivity index is 0. The summed E-state index contributed by atoms with van der Waals surface area (Å²) in [5.41, 5.74) is 0. The fraction of sp³-hybridized carbons (Fsp3) is 0. The zero-order chi connectivity index (χ0) is 0. The quantitative estimate of drug-likeness (QED) is 0.479. The van der Waals surface area contributed by atoms with Crippen molar-refractivity contribution in [1.29, 1.82) is 0 Å². The van der Waals surface area contributed by atoms with Crippen LogP contribution in [0, 0.1) is 45.0 Å². The molecule has 0 bridgehead atoms. The molecule has 0 unspecified atom stereocenters. The molecule has 0 aliphatic carbocycles. The van der Waals surface area contributed by atoms with E-state index < -0.39 is 0 Å². The van der Waals surface area contributed by atoms with Gasteiger partial charge in [-0.2, -0.15) is 0 Å². The maximum atomic E-state index is 0. The zero-order valence-electron chi connectivity index (χ0n) is 1.03. The van der Waals surface area contributed by atoms with Crippen molar-refractivity contribution in [3.05, 3.63) is 0 Å². The summed E-state index contributed by atoms with van der Waals surface area (Å²) < 4.78 is 0. The third-order valence-electron chi connectivity index (χ3n) is 0. The zero-order valence-corrected chi connectivity index (χ0v) is 4.24. The molecule has 0 saturated heterocycles. The van der Waals surface area contributed by atoms with Crippen LogP contribution in [0.4, 0.5) is 0 Å². The van der Waals surface area contributed by atoms with Crippen molar-refractivity contribution in [2.24, 2.45) is 0 Å². The van der Waals surface area contributed by atoms with Gasteiger partial charge in [-0.05, 0) is 0 Å². The average molecular weight is 401 g/mol. The van der Waals surface area contributed by atoms with Crippen molar-refractivity contribution < 1.29 is 95.3 Å². The Morgan fingerprint density at radius 2 is 1.00 bits per heavy atom. The molecule has 0 aliphatic heterocycles. The summed E-state index contributed by atoms with van der Waals surface area (Å²) in [7, 11) is 0. The Morgan fingerprint density at radius 3 is 1.00 bits per heavy atom. The molecule has 0 aromatic heterocycles. The molecule has 0 heterocycles. The molecule has 0 fully saturated rings. The fourth-order valence-corrected chi connectivity index (χ4v) is 0. The summed E-state index contributed by atoms with van der Waals surface area (Å²) in [6, 6.07) is 0. The maximum absolute atomic E-state index is 0. The standard InChI is InChI=1S/Co.Mn.Ni.Ra.2H. The average Bonchev–Trinajstić information content (AvgIpc) is 0. The minimum atomic E-state index is 0. The van der Waals surface area contributed by atoms with Crippen LogP contribution in [0.3, 0.4) is 0 Å². The van der Waals surface area contributed by atoms with E-state index in [0.717, 1.165) is 0 Å². The Morgan fingerprint density at radius 1 is 1.00 bits per heavy atom. The van der Waals surface area contributed by atoms with Gasteiger partial charge in [0.05, 0.1) is 0 Å². The Kier molecular flexibility index (Phi) is 117. The van der Waals surface area contributed by atoms with E-state index in [4.69, 9.17) is 0 Å². The van der Waals surface area contributed by atoms with Crippen LogP contribution in [0.1, 0.15) is 0 Å². The molecule has 0 nitrogen and oxygen atoms in total. The Hall–Kier alpha value is 2.99. The van der Waals surface area contributed by atoms with E-state index in [-0.39, 0.29) is 95.3 Å². The second-order valence-electron chi connectivity index (χ2n) is 0. The van der Waals surface area contributed by atoms with E-state index in [9.17, 15) is 0 Å². The van der Waals surface area contributed by atoms with Gasteiger partial charge in [0, 0.05) is 50.3 Å². The van der Waals surface area contributed by atoms with E-state index in [2.05, 4.69) is 0 Å². The summed E-state index contributed by atoms with van der Waals surface area (Å²) in [4.78, 5) is 0. The van der Waals surface area contributed by atoms with Gasteiger partial charge in [-0.15, -0.1) is 0 Å². The van der Waals surface area contributed by atoms with Crippen molar-refractivity contribution in [2.45, 2.75) is 0 Å². The molecule has 0 aromatic rings. The van der Waals surface area contributed by atoms with Gasteiger partial charge < -0.3 is 0 Å². The second kappa shape index (κ2) is 16.7. The summed E-state index contributed by atoms with van der Waals surface area (Å²) in [5.74, 6) is 0. The number of rotatable bonds is 0. The van der Waals surface area contributed by atoms with Crippen molar-refractivity contribution in [3.8, 4) is 0 Å². The molecule has 0 atom stereocenters. The first-order valence-electron chi connectivity index (χ1n) is 0.